The van der Waals surface area contributed by atoms with Crippen molar-refractivity contribution in [3.8, 4) is 0 Å². The van der Waals surface area contributed by atoms with E-state index in [2.05, 4.69) is 11.3 Å². The van der Waals surface area contributed by atoms with Gasteiger partial charge in [0, 0.05) is 13.2 Å². The second kappa shape index (κ2) is 5.48. The number of hydrogen-bond donors (Lipinski definition) is 1. The highest BCUT2D eigenvalue weighted by Gasteiger charge is 2.21. The minimum absolute atomic E-state index is 0.0702. The lowest BCUT2D eigenvalue weighted by Gasteiger charge is -2.19. The molecule has 1 N–H and O–H groups in total. The fourth-order valence-electron chi connectivity index (χ4n) is 2.65. The van der Waals surface area contributed by atoms with Crippen LogP contribution in [0.15, 0.2) is 12.4 Å². The van der Waals surface area contributed by atoms with E-state index in [4.69, 9.17) is 0 Å². The molecule has 1 saturated carbocycles. The van der Waals surface area contributed by atoms with Crippen LogP contribution in [0.3, 0.4) is 0 Å². The number of aliphatic hydroxyl groups is 1. The molecule has 0 saturated heterocycles. The summed E-state index contributed by atoms with van der Waals surface area (Å²) in [5.41, 5.74) is 1.29. The largest absolute Gasteiger partial charge is 0.393 e. The third-order valence-corrected chi connectivity index (χ3v) is 3.68. The number of rotatable bonds is 3. The second-order valence-corrected chi connectivity index (χ2v) is 5.03. The Morgan fingerprint density at radius 2 is 2.19 bits per heavy atom. The Labute approximate surface area is 97.5 Å². The Bertz CT molecular complexity index is 321. The number of hydrogen-bond acceptors (Lipinski definition) is 2. The van der Waals surface area contributed by atoms with E-state index in [0.29, 0.717) is 5.92 Å². The molecule has 2 rings (SSSR count). The Kier molecular flexibility index (Phi) is 3.99. The van der Waals surface area contributed by atoms with Crippen LogP contribution >= 0.6 is 0 Å². The molecular weight excluding hydrogens is 200 g/mol. The van der Waals surface area contributed by atoms with Crippen molar-refractivity contribution in [3.63, 3.8) is 0 Å². The molecule has 0 aromatic carbocycles. The number of aryl methyl sites for hydroxylation is 2. The summed E-state index contributed by atoms with van der Waals surface area (Å²) in [6, 6.07) is 0. The van der Waals surface area contributed by atoms with E-state index in [-0.39, 0.29) is 6.10 Å². The molecule has 1 aliphatic rings. The maximum absolute atomic E-state index is 10.0. The van der Waals surface area contributed by atoms with Crippen molar-refractivity contribution in [1.82, 2.24) is 9.78 Å². The van der Waals surface area contributed by atoms with E-state index in [1.807, 2.05) is 17.9 Å². The lowest BCUT2D eigenvalue weighted by Crippen LogP contribution is -2.19. The van der Waals surface area contributed by atoms with Crippen LogP contribution in [0.1, 0.15) is 44.1 Å². The number of aromatic nitrogens is 2. The predicted molar refractivity (Wildman–Crippen MR) is 64.1 cm³/mol. The third kappa shape index (κ3) is 3.08. The summed E-state index contributed by atoms with van der Waals surface area (Å²) in [5.74, 6) is 0.503. The van der Waals surface area contributed by atoms with Gasteiger partial charge in [-0.25, -0.2) is 0 Å². The standard InChI is InChI=1S/C13H22N2O/c1-15-10-11(9-14-15)7-8-12-5-3-2-4-6-13(12)16/h9-10,12-13,16H,2-8H2,1H3. The predicted octanol–water partition coefficient (Wildman–Crippen LogP) is 2.29. The number of nitrogens with zero attached hydrogens (tertiary/aromatic N) is 2. The van der Waals surface area contributed by atoms with E-state index >= 15 is 0 Å². The Hall–Kier alpha value is -0.830. The molecule has 0 spiro atoms. The Morgan fingerprint density at radius 3 is 2.94 bits per heavy atom. The summed E-state index contributed by atoms with van der Waals surface area (Å²) >= 11 is 0. The van der Waals surface area contributed by atoms with Gasteiger partial charge in [-0.2, -0.15) is 5.10 Å². The van der Waals surface area contributed by atoms with Crippen LogP contribution in [0.2, 0.25) is 0 Å². The van der Waals surface area contributed by atoms with Crippen LogP contribution in [0.25, 0.3) is 0 Å². The Balaban J connectivity index is 1.83. The lowest BCUT2D eigenvalue weighted by atomic mass is 9.91. The zero-order chi connectivity index (χ0) is 11.4. The molecule has 0 aliphatic heterocycles. The smallest absolute Gasteiger partial charge is 0.0568 e. The van der Waals surface area contributed by atoms with Gasteiger partial charge in [0.1, 0.15) is 0 Å². The lowest BCUT2D eigenvalue weighted by molar-refractivity contribution is 0.0960. The van der Waals surface area contributed by atoms with Gasteiger partial charge in [-0.3, -0.25) is 4.68 Å². The van der Waals surface area contributed by atoms with Crippen molar-refractivity contribution in [2.45, 2.75) is 51.0 Å². The van der Waals surface area contributed by atoms with Gasteiger partial charge < -0.3 is 5.11 Å². The van der Waals surface area contributed by atoms with Crippen molar-refractivity contribution >= 4 is 0 Å². The van der Waals surface area contributed by atoms with Gasteiger partial charge in [0.2, 0.25) is 0 Å². The molecule has 1 aromatic rings. The molecule has 90 valence electrons. The molecule has 1 aromatic heterocycles. The van der Waals surface area contributed by atoms with Gasteiger partial charge in [-0.1, -0.05) is 19.3 Å². The molecule has 2 unspecified atom stereocenters. The summed E-state index contributed by atoms with van der Waals surface area (Å²) in [4.78, 5) is 0. The monoisotopic (exact) mass is 222 g/mol. The third-order valence-electron chi connectivity index (χ3n) is 3.68. The van der Waals surface area contributed by atoms with Gasteiger partial charge in [-0.05, 0) is 37.2 Å². The topological polar surface area (TPSA) is 38.0 Å². The maximum Gasteiger partial charge on any atom is 0.0568 e. The minimum Gasteiger partial charge on any atom is -0.393 e. The van der Waals surface area contributed by atoms with Crippen LogP contribution in [-0.2, 0) is 13.5 Å². The molecule has 1 aliphatic carbocycles. The first-order chi connectivity index (χ1) is 7.75. The van der Waals surface area contributed by atoms with Crippen molar-refractivity contribution in [3.05, 3.63) is 18.0 Å². The average Bonchev–Trinajstić information content (AvgIpc) is 2.56. The van der Waals surface area contributed by atoms with Gasteiger partial charge in [0.05, 0.1) is 12.3 Å². The maximum atomic E-state index is 10.0. The summed E-state index contributed by atoms with van der Waals surface area (Å²) in [5, 5.41) is 14.2. The van der Waals surface area contributed by atoms with E-state index in [0.717, 1.165) is 19.3 Å². The zero-order valence-corrected chi connectivity index (χ0v) is 10.1. The highest BCUT2D eigenvalue weighted by molar-refractivity contribution is 5.03. The zero-order valence-electron chi connectivity index (χ0n) is 10.1. The first-order valence-corrected chi connectivity index (χ1v) is 6.41. The fourth-order valence-corrected chi connectivity index (χ4v) is 2.65. The van der Waals surface area contributed by atoms with Crippen LogP contribution in [0.5, 0.6) is 0 Å². The summed E-state index contributed by atoms with van der Waals surface area (Å²) in [6.45, 7) is 0. The van der Waals surface area contributed by atoms with E-state index < -0.39 is 0 Å². The normalized spacial score (nSPS) is 26.6. The van der Waals surface area contributed by atoms with Crippen molar-refractivity contribution in [1.29, 1.82) is 0 Å². The van der Waals surface area contributed by atoms with E-state index in [1.165, 1.54) is 31.2 Å². The van der Waals surface area contributed by atoms with E-state index in [9.17, 15) is 5.11 Å². The van der Waals surface area contributed by atoms with Crippen molar-refractivity contribution in [2.24, 2.45) is 13.0 Å². The van der Waals surface area contributed by atoms with E-state index in [1.54, 1.807) is 0 Å². The SMILES string of the molecule is Cn1cc(CCC2CCCCCC2O)cn1. The molecule has 1 fully saturated rings. The number of aliphatic hydroxyl groups excluding tert-OH is 1. The fraction of sp³-hybridized carbons (Fsp3) is 0.769. The summed E-state index contributed by atoms with van der Waals surface area (Å²) in [7, 11) is 1.95. The highest BCUT2D eigenvalue weighted by atomic mass is 16.3. The molecule has 3 heteroatoms. The quantitative estimate of drug-likeness (QED) is 0.797. The van der Waals surface area contributed by atoms with Crippen LogP contribution < -0.4 is 0 Å². The van der Waals surface area contributed by atoms with Crippen LogP contribution in [0.4, 0.5) is 0 Å². The summed E-state index contributed by atoms with van der Waals surface area (Å²) < 4.78 is 1.85. The molecule has 0 radical (unpaired) electrons. The molecule has 0 bridgehead atoms. The Morgan fingerprint density at radius 1 is 1.38 bits per heavy atom. The van der Waals surface area contributed by atoms with Crippen LogP contribution in [-0.4, -0.2) is 21.0 Å². The van der Waals surface area contributed by atoms with Crippen molar-refractivity contribution in [2.75, 3.05) is 0 Å². The first-order valence-electron chi connectivity index (χ1n) is 6.41. The summed E-state index contributed by atoms with van der Waals surface area (Å²) in [6.07, 6.45) is 12.1. The molecule has 0 amide bonds. The molecular formula is C13H22N2O. The van der Waals surface area contributed by atoms with Gasteiger partial charge in [0.25, 0.3) is 0 Å². The van der Waals surface area contributed by atoms with Gasteiger partial charge in [0.15, 0.2) is 0 Å². The first kappa shape index (κ1) is 11.6. The second-order valence-electron chi connectivity index (χ2n) is 5.03. The highest BCUT2D eigenvalue weighted by Crippen LogP contribution is 2.27. The average molecular weight is 222 g/mol. The molecule has 3 nitrogen and oxygen atoms in total. The molecule has 16 heavy (non-hydrogen) atoms. The van der Waals surface area contributed by atoms with Gasteiger partial charge >= 0.3 is 0 Å². The minimum atomic E-state index is -0.0702. The van der Waals surface area contributed by atoms with Crippen LogP contribution in [0, 0.1) is 5.92 Å². The van der Waals surface area contributed by atoms with Crippen molar-refractivity contribution < 1.29 is 5.11 Å². The van der Waals surface area contributed by atoms with Gasteiger partial charge in [-0.15, -0.1) is 0 Å². The molecule has 1 heterocycles. The molecule has 2 atom stereocenters.